The Hall–Kier alpha value is -2.44. The molecular formula is C11H14N4O3. The van der Waals surface area contributed by atoms with Crippen molar-refractivity contribution in [2.45, 2.75) is 13.8 Å². The van der Waals surface area contributed by atoms with Gasteiger partial charge in [-0.1, -0.05) is 0 Å². The molecule has 3 N–H and O–H groups in total. The van der Waals surface area contributed by atoms with Gasteiger partial charge >= 0.3 is 6.09 Å². The van der Waals surface area contributed by atoms with Crippen molar-refractivity contribution >= 4 is 23.5 Å². The number of nitrogens with one attached hydrogen (secondary N) is 1. The van der Waals surface area contributed by atoms with Crippen molar-refractivity contribution in [2.75, 3.05) is 11.9 Å². The molecule has 0 aliphatic carbocycles. The van der Waals surface area contributed by atoms with E-state index in [1.54, 1.807) is 19.1 Å². The van der Waals surface area contributed by atoms with Crippen molar-refractivity contribution in [1.29, 1.82) is 0 Å². The molecule has 0 saturated carbocycles. The van der Waals surface area contributed by atoms with Crippen LogP contribution in [0.2, 0.25) is 0 Å². The van der Waals surface area contributed by atoms with E-state index in [1.807, 2.05) is 0 Å². The van der Waals surface area contributed by atoms with Gasteiger partial charge in [0.15, 0.2) is 5.84 Å². The minimum atomic E-state index is -0.761. The first-order valence-corrected chi connectivity index (χ1v) is 5.28. The van der Waals surface area contributed by atoms with Gasteiger partial charge < -0.3 is 15.8 Å². The number of amides is 2. The number of nitrogens with zero attached hydrogens (tertiary/aromatic N) is 2. The average Bonchev–Trinajstić information content (AvgIpc) is 2.29. The Bertz CT molecular complexity index is 468. The zero-order chi connectivity index (χ0) is 13.5. The number of anilines is 1. The number of amidine groups is 1. The molecule has 0 spiro atoms. The first-order chi connectivity index (χ1) is 8.52. The van der Waals surface area contributed by atoms with E-state index < -0.39 is 6.09 Å². The highest BCUT2D eigenvalue weighted by Gasteiger charge is 2.05. The topological polar surface area (TPSA) is 107 Å². The average molecular weight is 250 g/mol. The van der Waals surface area contributed by atoms with E-state index in [0.29, 0.717) is 11.4 Å². The highest BCUT2D eigenvalue weighted by Crippen LogP contribution is 2.06. The third-order valence-corrected chi connectivity index (χ3v) is 1.83. The highest BCUT2D eigenvalue weighted by molar-refractivity contribution is 6.01. The Morgan fingerprint density at radius 3 is 2.72 bits per heavy atom. The maximum atomic E-state index is 11.1. The summed E-state index contributed by atoms with van der Waals surface area (Å²) in [5.41, 5.74) is 6.44. The molecule has 1 aromatic heterocycles. The number of nitrogens with two attached hydrogens (primary N) is 1. The van der Waals surface area contributed by atoms with Crippen molar-refractivity contribution in [3.8, 4) is 0 Å². The second-order valence-corrected chi connectivity index (χ2v) is 3.31. The van der Waals surface area contributed by atoms with Crippen molar-refractivity contribution in [3.05, 3.63) is 24.0 Å². The van der Waals surface area contributed by atoms with Crippen LogP contribution in [0.4, 0.5) is 10.5 Å². The fourth-order valence-electron chi connectivity index (χ4n) is 1.13. The zero-order valence-electron chi connectivity index (χ0n) is 10.1. The molecule has 0 aromatic carbocycles. The molecule has 2 amide bonds. The van der Waals surface area contributed by atoms with E-state index in [4.69, 9.17) is 5.73 Å². The monoisotopic (exact) mass is 250 g/mol. The second-order valence-electron chi connectivity index (χ2n) is 3.31. The summed E-state index contributed by atoms with van der Waals surface area (Å²) in [6, 6.07) is 3.15. The summed E-state index contributed by atoms with van der Waals surface area (Å²) in [6.45, 7) is 3.29. The second kappa shape index (κ2) is 6.33. The zero-order valence-corrected chi connectivity index (χ0v) is 10.1. The summed E-state index contributed by atoms with van der Waals surface area (Å²) in [4.78, 5) is 29.3. The molecule has 0 aliphatic heterocycles. The predicted molar refractivity (Wildman–Crippen MR) is 66.3 cm³/mol. The molecule has 0 aliphatic rings. The Morgan fingerprint density at radius 2 is 2.22 bits per heavy atom. The van der Waals surface area contributed by atoms with E-state index in [-0.39, 0.29) is 18.3 Å². The van der Waals surface area contributed by atoms with Crippen LogP contribution in [0.3, 0.4) is 0 Å². The molecular weight excluding hydrogens is 236 g/mol. The SMILES string of the molecule is CCOC(=O)/N=C(\N)c1ccc(NC(C)=O)cn1. The van der Waals surface area contributed by atoms with Gasteiger partial charge in [-0.15, -0.1) is 0 Å². The van der Waals surface area contributed by atoms with Crippen LogP contribution in [0.5, 0.6) is 0 Å². The standard InChI is InChI=1S/C11H14N4O3/c1-3-18-11(17)15-10(12)9-5-4-8(6-13-9)14-7(2)16/h4-6H,3H2,1-2H3,(H,14,16)(H2,12,15,17). The van der Waals surface area contributed by atoms with Crippen LogP contribution in [0.1, 0.15) is 19.5 Å². The van der Waals surface area contributed by atoms with Crippen LogP contribution >= 0.6 is 0 Å². The lowest BCUT2D eigenvalue weighted by atomic mass is 10.3. The molecule has 7 nitrogen and oxygen atoms in total. The van der Waals surface area contributed by atoms with Gasteiger partial charge in [0.05, 0.1) is 18.5 Å². The number of ether oxygens (including phenoxy) is 1. The molecule has 0 atom stereocenters. The Labute approximate surface area is 104 Å². The summed E-state index contributed by atoms with van der Waals surface area (Å²) in [6.07, 6.45) is 0.660. The predicted octanol–water partition coefficient (Wildman–Crippen LogP) is 0.902. The first-order valence-electron chi connectivity index (χ1n) is 5.28. The normalized spacial score (nSPS) is 10.9. The van der Waals surface area contributed by atoms with E-state index in [2.05, 4.69) is 20.0 Å². The fraction of sp³-hybridized carbons (Fsp3) is 0.273. The van der Waals surface area contributed by atoms with Crippen molar-refractivity contribution < 1.29 is 14.3 Å². The molecule has 0 saturated heterocycles. The molecule has 96 valence electrons. The third kappa shape index (κ3) is 4.20. The lowest BCUT2D eigenvalue weighted by molar-refractivity contribution is -0.114. The van der Waals surface area contributed by atoms with Gasteiger partial charge in [-0.3, -0.25) is 9.78 Å². The molecule has 18 heavy (non-hydrogen) atoms. The lowest BCUT2D eigenvalue weighted by Crippen LogP contribution is -2.18. The van der Waals surface area contributed by atoms with Crippen molar-refractivity contribution in [2.24, 2.45) is 10.7 Å². The van der Waals surface area contributed by atoms with Gasteiger partial charge in [0, 0.05) is 6.92 Å². The van der Waals surface area contributed by atoms with Crippen LogP contribution in [0.15, 0.2) is 23.3 Å². The van der Waals surface area contributed by atoms with E-state index in [1.165, 1.54) is 13.1 Å². The largest absolute Gasteiger partial charge is 0.448 e. The number of aromatic nitrogens is 1. The Kier molecular flexibility index (Phi) is 4.79. The molecule has 1 heterocycles. The summed E-state index contributed by atoms with van der Waals surface area (Å²) < 4.78 is 4.62. The van der Waals surface area contributed by atoms with E-state index in [9.17, 15) is 9.59 Å². The number of hydrogen-bond donors (Lipinski definition) is 2. The molecule has 0 fully saturated rings. The van der Waals surface area contributed by atoms with Crippen LogP contribution < -0.4 is 11.1 Å². The van der Waals surface area contributed by atoms with Gasteiger partial charge in [-0.2, -0.15) is 4.99 Å². The summed E-state index contributed by atoms with van der Waals surface area (Å²) >= 11 is 0. The third-order valence-electron chi connectivity index (χ3n) is 1.83. The number of rotatable bonds is 3. The minimum Gasteiger partial charge on any atom is -0.448 e. The smallest absolute Gasteiger partial charge is 0.435 e. The summed E-state index contributed by atoms with van der Waals surface area (Å²) in [7, 11) is 0. The summed E-state index contributed by atoms with van der Waals surface area (Å²) in [5, 5.41) is 2.56. The molecule has 0 radical (unpaired) electrons. The number of carbonyl (C=O) groups excluding carboxylic acids is 2. The van der Waals surface area contributed by atoms with Gasteiger partial charge in [0.25, 0.3) is 0 Å². The highest BCUT2D eigenvalue weighted by atomic mass is 16.5. The molecule has 1 rings (SSSR count). The molecule has 7 heteroatoms. The van der Waals surface area contributed by atoms with Crippen LogP contribution in [0.25, 0.3) is 0 Å². The maximum Gasteiger partial charge on any atom is 0.435 e. The number of carbonyl (C=O) groups is 2. The molecule has 0 unspecified atom stereocenters. The quantitative estimate of drug-likeness (QED) is 0.612. The van der Waals surface area contributed by atoms with Crippen molar-refractivity contribution in [1.82, 2.24) is 4.98 Å². The molecule has 1 aromatic rings. The van der Waals surface area contributed by atoms with Crippen LogP contribution in [0, 0.1) is 0 Å². The van der Waals surface area contributed by atoms with Gasteiger partial charge in [0.1, 0.15) is 5.69 Å². The fourth-order valence-corrected chi connectivity index (χ4v) is 1.13. The maximum absolute atomic E-state index is 11.1. The molecule has 0 bridgehead atoms. The Balaban J connectivity index is 2.78. The van der Waals surface area contributed by atoms with E-state index >= 15 is 0 Å². The summed E-state index contributed by atoms with van der Waals surface area (Å²) in [5.74, 6) is -0.236. The van der Waals surface area contributed by atoms with E-state index in [0.717, 1.165) is 0 Å². The number of pyridine rings is 1. The van der Waals surface area contributed by atoms with Gasteiger partial charge in [-0.05, 0) is 19.1 Å². The minimum absolute atomic E-state index is 0.0391. The number of aliphatic imine (C=N–C) groups is 1. The number of hydrogen-bond acceptors (Lipinski definition) is 4. The van der Waals surface area contributed by atoms with Crippen molar-refractivity contribution in [3.63, 3.8) is 0 Å². The first kappa shape index (κ1) is 13.6. The van der Waals surface area contributed by atoms with Gasteiger partial charge in [-0.25, -0.2) is 4.79 Å². The lowest BCUT2D eigenvalue weighted by Gasteiger charge is -2.03. The van der Waals surface area contributed by atoms with Gasteiger partial charge in [0.2, 0.25) is 5.91 Å². The van der Waals surface area contributed by atoms with Crippen LogP contribution in [-0.2, 0) is 9.53 Å². The van der Waals surface area contributed by atoms with Crippen LogP contribution in [-0.4, -0.2) is 29.4 Å². The Morgan fingerprint density at radius 1 is 1.50 bits per heavy atom.